The Kier molecular flexibility index (Phi) is 2.79. The van der Waals surface area contributed by atoms with Crippen LogP contribution in [0.4, 0.5) is 10.1 Å². The normalized spacial score (nSPS) is 10.8. The number of hydrogen-bond donors (Lipinski definition) is 1. The highest BCUT2D eigenvalue weighted by molar-refractivity contribution is 7.08. The van der Waals surface area contributed by atoms with E-state index in [1.54, 1.807) is 17.4 Å². The van der Waals surface area contributed by atoms with Crippen LogP contribution < -0.4 is 5.73 Å². The lowest BCUT2D eigenvalue weighted by molar-refractivity contribution is 0.430. The van der Waals surface area contributed by atoms with E-state index in [4.69, 9.17) is 10.3 Å². The number of nitrogens with zero attached hydrogens (tertiary/aromatic N) is 2. The van der Waals surface area contributed by atoms with Crippen LogP contribution in [0.15, 0.2) is 33.5 Å². The Balaban J connectivity index is 2.10. The zero-order valence-corrected chi connectivity index (χ0v) is 10.9. The molecule has 0 unspecified atom stereocenters. The van der Waals surface area contributed by atoms with Crippen LogP contribution in [0.5, 0.6) is 0 Å². The van der Waals surface area contributed by atoms with Gasteiger partial charge in [0.05, 0.1) is 5.56 Å². The highest BCUT2D eigenvalue weighted by Gasteiger charge is 2.18. The summed E-state index contributed by atoms with van der Waals surface area (Å²) in [7, 11) is 0. The third-order valence-corrected chi connectivity index (χ3v) is 3.64. The van der Waals surface area contributed by atoms with Crippen molar-refractivity contribution in [3.8, 4) is 22.8 Å². The van der Waals surface area contributed by atoms with Gasteiger partial charge in [-0.2, -0.15) is 16.3 Å². The molecule has 0 bridgehead atoms. The first kappa shape index (κ1) is 11.9. The number of benzene rings is 1. The van der Waals surface area contributed by atoms with Gasteiger partial charge < -0.3 is 10.3 Å². The monoisotopic (exact) mass is 275 g/mol. The SMILES string of the molecule is Cc1cscc1-c1noc(-c2c(N)cccc2F)n1. The minimum Gasteiger partial charge on any atom is -0.398 e. The Labute approximate surface area is 112 Å². The molecule has 1 aromatic carbocycles. The average molecular weight is 275 g/mol. The molecule has 3 rings (SSSR count). The Morgan fingerprint density at radius 3 is 2.84 bits per heavy atom. The van der Waals surface area contributed by atoms with Crippen molar-refractivity contribution in [2.45, 2.75) is 6.92 Å². The summed E-state index contributed by atoms with van der Waals surface area (Å²) in [5.41, 5.74) is 8.11. The Hall–Kier alpha value is -2.21. The third kappa shape index (κ3) is 2.00. The van der Waals surface area contributed by atoms with Gasteiger partial charge in [0.15, 0.2) is 0 Å². The van der Waals surface area contributed by atoms with Crippen LogP contribution in [0.2, 0.25) is 0 Å². The summed E-state index contributed by atoms with van der Waals surface area (Å²) in [6.07, 6.45) is 0. The quantitative estimate of drug-likeness (QED) is 0.727. The first-order chi connectivity index (χ1) is 9.16. The van der Waals surface area contributed by atoms with Gasteiger partial charge in [-0.1, -0.05) is 11.2 Å². The zero-order chi connectivity index (χ0) is 13.4. The highest BCUT2D eigenvalue weighted by Crippen LogP contribution is 2.30. The van der Waals surface area contributed by atoms with Gasteiger partial charge in [-0.25, -0.2) is 4.39 Å². The van der Waals surface area contributed by atoms with Gasteiger partial charge in [0.2, 0.25) is 5.82 Å². The Bertz CT molecular complexity index is 715. The molecule has 19 heavy (non-hydrogen) atoms. The average Bonchev–Trinajstić information content (AvgIpc) is 2.98. The molecule has 0 saturated carbocycles. The van der Waals surface area contributed by atoms with Gasteiger partial charge >= 0.3 is 0 Å². The topological polar surface area (TPSA) is 64.9 Å². The van der Waals surface area contributed by atoms with E-state index in [0.29, 0.717) is 5.82 Å². The predicted molar refractivity (Wildman–Crippen MR) is 72.2 cm³/mol. The van der Waals surface area contributed by atoms with Crippen LogP contribution in [-0.2, 0) is 0 Å². The molecule has 3 aromatic rings. The minimum atomic E-state index is -0.475. The van der Waals surface area contributed by atoms with Crippen LogP contribution in [0.25, 0.3) is 22.8 Å². The molecule has 0 aliphatic heterocycles. The summed E-state index contributed by atoms with van der Waals surface area (Å²) in [6.45, 7) is 1.96. The molecule has 96 valence electrons. The number of anilines is 1. The van der Waals surface area contributed by atoms with Crippen LogP contribution in [0.1, 0.15) is 5.56 Å². The van der Waals surface area contributed by atoms with Crippen molar-refractivity contribution in [1.82, 2.24) is 10.1 Å². The summed E-state index contributed by atoms with van der Waals surface area (Å²) >= 11 is 1.55. The van der Waals surface area contributed by atoms with E-state index in [0.717, 1.165) is 11.1 Å². The molecule has 0 saturated heterocycles. The number of aryl methyl sites for hydroxylation is 1. The first-order valence-electron chi connectivity index (χ1n) is 5.58. The molecular formula is C13H10FN3OS. The number of nitrogens with two attached hydrogens (primary N) is 1. The van der Waals surface area contributed by atoms with Crippen LogP contribution >= 0.6 is 11.3 Å². The molecule has 0 fully saturated rings. The minimum absolute atomic E-state index is 0.0937. The van der Waals surface area contributed by atoms with Crippen molar-refractivity contribution in [2.75, 3.05) is 5.73 Å². The zero-order valence-electron chi connectivity index (χ0n) is 10.1. The van der Waals surface area contributed by atoms with Gasteiger partial charge in [-0.3, -0.25) is 0 Å². The number of halogens is 1. The standard InChI is InChI=1S/C13H10FN3OS/c1-7-5-19-6-8(7)12-16-13(18-17-12)11-9(14)3-2-4-10(11)15/h2-6H,15H2,1H3. The number of thiophene rings is 1. The fraction of sp³-hybridized carbons (Fsp3) is 0.0769. The van der Waals surface area contributed by atoms with E-state index in [-0.39, 0.29) is 17.1 Å². The number of hydrogen-bond acceptors (Lipinski definition) is 5. The van der Waals surface area contributed by atoms with Crippen LogP contribution in [0, 0.1) is 12.7 Å². The molecule has 0 atom stereocenters. The maximum Gasteiger partial charge on any atom is 0.263 e. The number of aromatic nitrogens is 2. The summed E-state index contributed by atoms with van der Waals surface area (Å²) < 4.78 is 18.9. The van der Waals surface area contributed by atoms with Gasteiger partial charge in [-0.15, -0.1) is 0 Å². The van der Waals surface area contributed by atoms with E-state index in [1.165, 1.54) is 12.1 Å². The molecular weight excluding hydrogens is 265 g/mol. The van der Waals surface area contributed by atoms with Gasteiger partial charge in [0.1, 0.15) is 5.82 Å². The molecule has 0 amide bonds. The van der Waals surface area contributed by atoms with E-state index in [2.05, 4.69) is 10.1 Å². The highest BCUT2D eigenvalue weighted by atomic mass is 32.1. The predicted octanol–water partition coefficient (Wildman–Crippen LogP) is 3.49. The van der Waals surface area contributed by atoms with Gasteiger partial charge in [0, 0.05) is 16.6 Å². The Morgan fingerprint density at radius 2 is 2.16 bits per heavy atom. The van der Waals surface area contributed by atoms with E-state index < -0.39 is 5.82 Å². The van der Waals surface area contributed by atoms with Gasteiger partial charge in [-0.05, 0) is 30.0 Å². The smallest absolute Gasteiger partial charge is 0.263 e. The van der Waals surface area contributed by atoms with Crippen molar-refractivity contribution >= 4 is 17.0 Å². The molecule has 4 nitrogen and oxygen atoms in total. The van der Waals surface area contributed by atoms with Crippen LogP contribution in [0.3, 0.4) is 0 Å². The molecule has 2 N–H and O–H groups in total. The van der Waals surface area contributed by atoms with Crippen molar-refractivity contribution < 1.29 is 8.91 Å². The fourth-order valence-corrected chi connectivity index (χ4v) is 2.62. The second-order valence-electron chi connectivity index (χ2n) is 4.10. The number of nitrogen functional groups attached to an aromatic ring is 1. The first-order valence-corrected chi connectivity index (χ1v) is 6.52. The molecule has 0 aliphatic carbocycles. The lowest BCUT2D eigenvalue weighted by Crippen LogP contribution is -1.93. The molecule has 6 heteroatoms. The second-order valence-corrected chi connectivity index (χ2v) is 4.84. The van der Waals surface area contributed by atoms with E-state index in [1.807, 2.05) is 17.7 Å². The van der Waals surface area contributed by atoms with Crippen LogP contribution in [-0.4, -0.2) is 10.1 Å². The summed E-state index contributed by atoms with van der Waals surface area (Å²) in [6, 6.07) is 4.44. The summed E-state index contributed by atoms with van der Waals surface area (Å²) in [5, 5.41) is 7.79. The lowest BCUT2D eigenvalue weighted by atomic mass is 10.1. The fourth-order valence-electron chi connectivity index (χ4n) is 1.79. The molecule has 0 spiro atoms. The lowest BCUT2D eigenvalue weighted by Gasteiger charge is -2.00. The maximum absolute atomic E-state index is 13.8. The van der Waals surface area contributed by atoms with Gasteiger partial charge in [0.25, 0.3) is 5.89 Å². The molecule has 2 heterocycles. The third-order valence-electron chi connectivity index (χ3n) is 2.78. The van der Waals surface area contributed by atoms with Crippen molar-refractivity contribution in [1.29, 1.82) is 0 Å². The van der Waals surface area contributed by atoms with E-state index >= 15 is 0 Å². The van der Waals surface area contributed by atoms with Crippen molar-refractivity contribution in [3.63, 3.8) is 0 Å². The Morgan fingerprint density at radius 1 is 1.32 bits per heavy atom. The molecule has 2 aromatic heterocycles. The number of rotatable bonds is 2. The largest absolute Gasteiger partial charge is 0.398 e. The van der Waals surface area contributed by atoms with Crippen molar-refractivity contribution in [3.05, 3.63) is 40.3 Å². The molecule has 0 aliphatic rings. The molecule has 0 radical (unpaired) electrons. The van der Waals surface area contributed by atoms with Crippen molar-refractivity contribution in [2.24, 2.45) is 0 Å². The maximum atomic E-state index is 13.8. The summed E-state index contributed by atoms with van der Waals surface area (Å²) in [4.78, 5) is 4.21. The summed E-state index contributed by atoms with van der Waals surface area (Å²) in [5.74, 6) is 0.0600. The second kappa shape index (κ2) is 4.47. The van der Waals surface area contributed by atoms with E-state index in [9.17, 15) is 4.39 Å².